The third kappa shape index (κ3) is 4.82. The molecule has 0 aliphatic carbocycles. The van der Waals surface area contributed by atoms with Crippen molar-refractivity contribution < 1.29 is 4.79 Å². The van der Waals surface area contributed by atoms with Crippen LogP contribution in [0.1, 0.15) is 55.5 Å². The Morgan fingerprint density at radius 1 is 1.21 bits per heavy atom. The minimum Gasteiger partial charge on any atom is -0.360 e. The fourth-order valence-electron chi connectivity index (χ4n) is 2.43. The monoisotopic (exact) mass is 325 g/mol. The lowest BCUT2D eigenvalue weighted by atomic mass is 10.0. The number of aromatic nitrogens is 1. The van der Waals surface area contributed by atoms with Gasteiger partial charge in [-0.2, -0.15) is 0 Å². The fourth-order valence-corrected chi connectivity index (χ4v) is 2.43. The maximum absolute atomic E-state index is 12.5. The number of rotatable bonds is 7. The van der Waals surface area contributed by atoms with E-state index in [9.17, 15) is 4.79 Å². The smallest absolute Gasteiger partial charge is 0.255 e. The molecule has 128 valence electrons. The average molecular weight is 325 g/mol. The van der Waals surface area contributed by atoms with Gasteiger partial charge in [0.2, 0.25) is 0 Å². The van der Waals surface area contributed by atoms with E-state index in [1.807, 2.05) is 25.2 Å². The van der Waals surface area contributed by atoms with Crippen molar-refractivity contribution in [2.45, 2.75) is 39.5 Å². The third-order valence-corrected chi connectivity index (χ3v) is 4.08. The second-order valence-corrected chi connectivity index (χ2v) is 6.41. The summed E-state index contributed by atoms with van der Waals surface area (Å²) < 4.78 is 0. The van der Waals surface area contributed by atoms with Gasteiger partial charge in [-0.3, -0.25) is 4.79 Å². The predicted octanol–water partition coefficient (Wildman–Crippen LogP) is 4.69. The third-order valence-electron chi connectivity index (χ3n) is 4.08. The molecule has 24 heavy (non-hydrogen) atoms. The summed E-state index contributed by atoms with van der Waals surface area (Å²) in [5, 5.41) is 2.95. The average Bonchev–Trinajstić information content (AvgIpc) is 2.60. The van der Waals surface area contributed by atoms with Crippen molar-refractivity contribution in [3.05, 3.63) is 53.7 Å². The van der Waals surface area contributed by atoms with E-state index in [0.717, 1.165) is 30.9 Å². The largest absolute Gasteiger partial charge is 0.360 e. The van der Waals surface area contributed by atoms with E-state index in [1.165, 1.54) is 5.56 Å². The summed E-state index contributed by atoms with van der Waals surface area (Å²) in [5.74, 6) is 1.20. The van der Waals surface area contributed by atoms with Gasteiger partial charge < -0.3 is 10.2 Å². The number of unbranched alkanes of at least 4 members (excludes halogenated alkanes) is 1. The summed E-state index contributed by atoms with van der Waals surface area (Å²) in [5.41, 5.74) is 2.69. The Balaban J connectivity index is 2.06. The quantitative estimate of drug-likeness (QED) is 0.803. The molecule has 2 aromatic rings. The van der Waals surface area contributed by atoms with Gasteiger partial charge in [0.15, 0.2) is 0 Å². The SMILES string of the molecule is CCCCN(C)c1cc(C(=O)Nc2ccc(C(C)C)cc2)ccn1. The molecule has 0 saturated heterocycles. The molecule has 0 spiro atoms. The predicted molar refractivity (Wildman–Crippen MR) is 101 cm³/mol. The van der Waals surface area contributed by atoms with Crippen LogP contribution in [0.3, 0.4) is 0 Å². The highest BCUT2D eigenvalue weighted by atomic mass is 16.1. The minimum atomic E-state index is -0.111. The van der Waals surface area contributed by atoms with E-state index in [2.05, 4.69) is 48.1 Å². The van der Waals surface area contributed by atoms with Crippen molar-refractivity contribution in [2.24, 2.45) is 0 Å². The second kappa shape index (κ2) is 8.48. The molecule has 0 atom stereocenters. The van der Waals surface area contributed by atoms with E-state index >= 15 is 0 Å². The van der Waals surface area contributed by atoms with E-state index < -0.39 is 0 Å². The maximum atomic E-state index is 12.5. The lowest BCUT2D eigenvalue weighted by Crippen LogP contribution is -2.20. The van der Waals surface area contributed by atoms with Gasteiger partial charge in [0, 0.05) is 31.0 Å². The van der Waals surface area contributed by atoms with Crippen LogP contribution < -0.4 is 10.2 Å². The first-order chi connectivity index (χ1) is 11.5. The summed E-state index contributed by atoms with van der Waals surface area (Å²) in [6.45, 7) is 7.41. The van der Waals surface area contributed by atoms with Crippen molar-refractivity contribution in [1.82, 2.24) is 4.98 Å². The first-order valence-electron chi connectivity index (χ1n) is 8.59. The Morgan fingerprint density at radius 2 is 1.92 bits per heavy atom. The zero-order chi connectivity index (χ0) is 17.5. The van der Waals surface area contributed by atoms with Crippen LogP contribution in [-0.4, -0.2) is 24.5 Å². The van der Waals surface area contributed by atoms with Gasteiger partial charge >= 0.3 is 0 Å². The molecule has 1 aromatic carbocycles. The summed E-state index contributed by atoms with van der Waals surface area (Å²) in [7, 11) is 2.00. The van der Waals surface area contributed by atoms with Crippen LogP contribution in [0, 0.1) is 0 Å². The number of carbonyl (C=O) groups excluding carboxylic acids is 1. The molecule has 2 rings (SSSR count). The number of nitrogens with one attached hydrogen (secondary N) is 1. The summed E-state index contributed by atoms with van der Waals surface area (Å²) >= 11 is 0. The highest BCUT2D eigenvalue weighted by Crippen LogP contribution is 2.18. The molecule has 4 heteroatoms. The summed E-state index contributed by atoms with van der Waals surface area (Å²) in [4.78, 5) is 18.9. The van der Waals surface area contributed by atoms with Crippen molar-refractivity contribution in [3.8, 4) is 0 Å². The Bertz CT molecular complexity index is 665. The Labute approximate surface area is 144 Å². The molecule has 0 aliphatic heterocycles. The van der Waals surface area contributed by atoms with Gasteiger partial charge in [0.05, 0.1) is 0 Å². The molecule has 0 saturated carbocycles. The Morgan fingerprint density at radius 3 is 2.54 bits per heavy atom. The van der Waals surface area contributed by atoms with E-state index in [-0.39, 0.29) is 5.91 Å². The molecule has 0 fully saturated rings. The molecule has 0 radical (unpaired) electrons. The molecular formula is C20H27N3O. The van der Waals surface area contributed by atoms with Crippen LogP contribution in [-0.2, 0) is 0 Å². The number of carbonyl (C=O) groups is 1. The van der Waals surface area contributed by atoms with Crippen LogP contribution in [0.2, 0.25) is 0 Å². The summed E-state index contributed by atoms with van der Waals surface area (Å²) in [6, 6.07) is 11.6. The number of benzene rings is 1. The molecule has 0 aliphatic rings. The van der Waals surface area contributed by atoms with Gasteiger partial charge in [0.1, 0.15) is 5.82 Å². The highest BCUT2D eigenvalue weighted by Gasteiger charge is 2.10. The van der Waals surface area contributed by atoms with Crippen molar-refractivity contribution in [1.29, 1.82) is 0 Å². The first kappa shape index (κ1) is 18.0. The zero-order valence-corrected chi connectivity index (χ0v) is 15.0. The van der Waals surface area contributed by atoms with Crippen LogP contribution in [0.5, 0.6) is 0 Å². The lowest BCUT2D eigenvalue weighted by molar-refractivity contribution is 0.102. The normalized spacial score (nSPS) is 10.7. The number of hydrogen-bond acceptors (Lipinski definition) is 3. The molecule has 1 amide bonds. The molecule has 1 heterocycles. The molecule has 0 bridgehead atoms. The lowest BCUT2D eigenvalue weighted by Gasteiger charge is -2.18. The van der Waals surface area contributed by atoms with Gasteiger partial charge in [0.25, 0.3) is 5.91 Å². The molecular weight excluding hydrogens is 298 g/mol. The van der Waals surface area contributed by atoms with E-state index in [4.69, 9.17) is 0 Å². The number of amides is 1. The molecule has 4 nitrogen and oxygen atoms in total. The van der Waals surface area contributed by atoms with Gasteiger partial charge in [-0.1, -0.05) is 39.3 Å². The topological polar surface area (TPSA) is 45.2 Å². The van der Waals surface area contributed by atoms with Crippen LogP contribution in [0.25, 0.3) is 0 Å². The zero-order valence-electron chi connectivity index (χ0n) is 15.0. The number of pyridine rings is 1. The highest BCUT2D eigenvalue weighted by molar-refractivity contribution is 6.04. The van der Waals surface area contributed by atoms with Crippen molar-refractivity contribution >= 4 is 17.4 Å². The maximum Gasteiger partial charge on any atom is 0.255 e. The fraction of sp³-hybridized carbons (Fsp3) is 0.400. The van der Waals surface area contributed by atoms with Crippen molar-refractivity contribution in [3.63, 3.8) is 0 Å². The minimum absolute atomic E-state index is 0.111. The first-order valence-corrected chi connectivity index (χ1v) is 8.59. The number of hydrogen-bond donors (Lipinski definition) is 1. The Kier molecular flexibility index (Phi) is 6.36. The van der Waals surface area contributed by atoms with Gasteiger partial charge in [-0.15, -0.1) is 0 Å². The molecule has 1 N–H and O–H groups in total. The second-order valence-electron chi connectivity index (χ2n) is 6.41. The van der Waals surface area contributed by atoms with E-state index in [0.29, 0.717) is 11.5 Å². The molecule has 0 unspecified atom stereocenters. The summed E-state index contributed by atoms with van der Waals surface area (Å²) in [6.07, 6.45) is 3.93. The standard InChI is InChI=1S/C20H27N3O/c1-5-6-13-23(4)19-14-17(11-12-21-19)20(24)22-18-9-7-16(8-10-18)15(2)3/h7-12,14-15H,5-6,13H2,1-4H3,(H,22,24). The van der Waals surface area contributed by atoms with Crippen LogP contribution in [0.15, 0.2) is 42.6 Å². The van der Waals surface area contributed by atoms with Crippen LogP contribution in [0.4, 0.5) is 11.5 Å². The van der Waals surface area contributed by atoms with Gasteiger partial charge in [-0.05, 0) is 42.2 Å². The molecule has 1 aromatic heterocycles. The van der Waals surface area contributed by atoms with Crippen LogP contribution >= 0.6 is 0 Å². The number of anilines is 2. The van der Waals surface area contributed by atoms with E-state index in [1.54, 1.807) is 12.3 Å². The van der Waals surface area contributed by atoms with Crippen molar-refractivity contribution in [2.75, 3.05) is 23.8 Å². The number of nitrogens with zero attached hydrogens (tertiary/aromatic N) is 2. The Hall–Kier alpha value is -2.36. The van der Waals surface area contributed by atoms with Gasteiger partial charge in [-0.25, -0.2) is 4.98 Å².